The largest absolute Gasteiger partial charge is 0.388 e. The standard InChI is InChI=1S/C12H14ClFN2O2/c1-12(18)6-16(7-12)5-11(17)15-10-3-2-8(14)4-9(10)13/h2-4,18H,5-7H2,1H3,(H,15,17). The number of nitrogens with one attached hydrogen (secondary N) is 1. The van der Waals surface area contributed by atoms with Crippen molar-refractivity contribution in [1.82, 2.24) is 4.90 Å². The van der Waals surface area contributed by atoms with E-state index in [4.69, 9.17) is 11.6 Å². The lowest BCUT2D eigenvalue weighted by atomic mass is 9.97. The zero-order valence-corrected chi connectivity index (χ0v) is 10.7. The number of benzene rings is 1. The number of β-amino-alcohol motifs (C(OH)–C–C–N with tert-alkyl or cyclic N) is 1. The molecule has 0 bridgehead atoms. The van der Waals surface area contributed by atoms with Crippen LogP contribution in [0.2, 0.25) is 5.02 Å². The molecule has 0 aromatic heterocycles. The maximum atomic E-state index is 12.8. The van der Waals surface area contributed by atoms with Crippen LogP contribution in [0.4, 0.5) is 10.1 Å². The average molecular weight is 273 g/mol. The molecule has 1 aromatic rings. The summed E-state index contributed by atoms with van der Waals surface area (Å²) in [5.74, 6) is -0.684. The lowest BCUT2D eigenvalue weighted by molar-refractivity contribution is -0.125. The average Bonchev–Trinajstić information content (AvgIpc) is 2.19. The highest BCUT2D eigenvalue weighted by atomic mass is 35.5. The van der Waals surface area contributed by atoms with E-state index < -0.39 is 11.4 Å². The molecule has 2 N–H and O–H groups in total. The molecule has 0 radical (unpaired) electrons. The van der Waals surface area contributed by atoms with Gasteiger partial charge in [-0.15, -0.1) is 0 Å². The second-order valence-electron chi connectivity index (χ2n) is 4.81. The maximum Gasteiger partial charge on any atom is 0.238 e. The van der Waals surface area contributed by atoms with Crippen LogP contribution in [0.1, 0.15) is 6.92 Å². The van der Waals surface area contributed by atoms with Gasteiger partial charge in [0.25, 0.3) is 0 Å². The molecule has 98 valence electrons. The topological polar surface area (TPSA) is 52.6 Å². The van der Waals surface area contributed by atoms with E-state index in [9.17, 15) is 14.3 Å². The molecule has 0 atom stereocenters. The quantitative estimate of drug-likeness (QED) is 0.876. The van der Waals surface area contributed by atoms with E-state index in [1.165, 1.54) is 12.1 Å². The fourth-order valence-electron chi connectivity index (χ4n) is 2.01. The summed E-state index contributed by atoms with van der Waals surface area (Å²) >= 11 is 5.79. The Kier molecular flexibility index (Phi) is 3.56. The van der Waals surface area contributed by atoms with Crippen molar-refractivity contribution in [3.8, 4) is 0 Å². The minimum Gasteiger partial charge on any atom is -0.388 e. The van der Waals surface area contributed by atoms with Crippen molar-refractivity contribution in [2.45, 2.75) is 12.5 Å². The van der Waals surface area contributed by atoms with Crippen LogP contribution in [-0.4, -0.2) is 41.1 Å². The van der Waals surface area contributed by atoms with Gasteiger partial charge in [-0.1, -0.05) is 11.6 Å². The summed E-state index contributed by atoms with van der Waals surface area (Å²) in [6, 6.07) is 3.79. The van der Waals surface area contributed by atoms with Crippen LogP contribution in [0, 0.1) is 5.82 Å². The summed E-state index contributed by atoms with van der Waals surface area (Å²) in [6.45, 7) is 2.84. The van der Waals surface area contributed by atoms with E-state index in [-0.39, 0.29) is 17.5 Å². The molecule has 4 nitrogen and oxygen atoms in total. The highest BCUT2D eigenvalue weighted by molar-refractivity contribution is 6.33. The van der Waals surface area contributed by atoms with Gasteiger partial charge in [-0.2, -0.15) is 0 Å². The number of rotatable bonds is 3. The smallest absolute Gasteiger partial charge is 0.238 e. The summed E-state index contributed by atoms with van der Waals surface area (Å²) in [5, 5.41) is 12.3. The molecule has 6 heteroatoms. The highest BCUT2D eigenvalue weighted by Crippen LogP contribution is 2.23. The van der Waals surface area contributed by atoms with E-state index in [1.807, 2.05) is 4.90 Å². The Labute approximate surface area is 109 Å². The number of hydrogen-bond donors (Lipinski definition) is 2. The van der Waals surface area contributed by atoms with Crippen LogP contribution in [0.15, 0.2) is 18.2 Å². The predicted octanol–water partition coefficient (Wildman–Crippen LogP) is 1.48. The van der Waals surface area contributed by atoms with Crippen LogP contribution < -0.4 is 5.32 Å². The van der Waals surface area contributed by atoms with Crippen LogP contribution >= 0.6 is 11.6 Å². The Morgan fingerprint density at radius 2 is 2.28 bits per heavy atom. The Hall–Kier alpha value is -1.17. The number of likely N-dealkylation sites (tertiary alicyclic amines) is 1. The van der Waals surface area contributed by atoms with Gasteiger partial charge in [0.2, 0.25) is 5.91 Å². The Bertz CT molecular complexity index is 471. The van der Waals surface area contributed by atoms with Crippen molar-refractivity contribution < 1.29 is 14.3 Å². The van der Waals surface area contributed by atoms with Gasteiger partial charge in [0.1, 0.15) is 5.82 Å². The van der Waals surface area contributed by atoms with E-state index in [0.29, 0.717) is 18.8 Å². The van der Waals surface area contributed by atoms with Crippen molar-refractivity contribution in [2.24, 2.45) is 0 Å². The molecular formula is C12H14ClFN2O2. The van der Waals surface area contributed by atoms with Gasteiger partial charge < -0.3 is 10.4 Å². The fraction of sp³-hybridized carbons (Fsp3) is 0.417. The van der Waals surface area contributed by atoms with E-state index >= 15 is 0 Å². The normalized spacial score (nSPS) is 18.2. The van der Waals surface area contributed by atoms with Gasteiger partial charge in [-0.25, -0.2) is 4.39 Å². The van der Waals surface area contributed by atoms with E-state index in [1.54, 1.807) is 6.92 Å². The van der Waals surface area contributed by atoms with Crippen molar-refractivity contribution in [2.75, 3.05) is 25.0 Å². The third kappa shape index (κ3) is 3.19. The first-order valence-corrected chi connectivity index (χ1v) is 5.93. The predicted molar refractivity (Wildman–Crippen MR) is 67.1 cm³/mol. The molecule has 2 rings (SSSR count). The molecule has 1 aliphatic rings. The summed E-state index contributed by atoms with van der Waals surface area (Å²) in [7, 11) is 0. The molecule has 0 spiro atoms. The minimum absolute atomic E-state index is 0.166. The van der Waals surface area contributed by atoms with Crippen LogP contribution in [0.25, 0.3) is 0 Å². The maximum absolute atomic E-state index is 12.8. The SMILES string of the molecule is CC1(O)CN(CC(=O)Nc2ccc(F)cc2Cl)C1. The number of hydrogen-bond acceptors (Lipinski definition) is 3. The van der Waals surface area contributed by atoms with Crippen molar-refractivity contribution in [3.63, 3.8) is 0 Å². The van der Waals surface area contributed by atoms with Crippen LogP contribution in [0.5, 0.6) is 0 Å². The van der Waals surface area contributed by atoms with Gasteiger partial charge in [-0.3, -0.25) is 9.69 Å². The van der Waals surface area contributed by atoms with Gasteiger partial charge >= 0.3 is 0 Å². The van der Waals surface area contributed by atoms with Gasteiger partial charge in [0.15, 0.2) is 0 Å². The first kappa shape index (κ1) is 13.3. The number of amides is 1. The second kappa shape index (κ2) is 4.84. The van der Waals surface area contributed by atoms with Crippen LogP contribution in [-0.2, 0) is 4.79 Å². The Balaban J connectivity index is 1.88. The first-order chi connectivity index (χ1) is 8.35. The third-order valence-electron chi connectivity index (χ3n) is 2.70. The summed E-state index contributed by atoms with van der Waals surface area (Å²) < 4.78 is 12.8. The molecule has 1 heterocycles. The molecule has 1 amide bonds. The molecule has 0 unspecified atom stereocenters. The molecule has 18 heavy (non-hydrogen) atoms. The van der Waals surface area contributed by atoms with Gasteiger partial charge in [0.05, 0.1) is 22.9 Å². The zero-order chi connectivity index (χ0) is 13.3. The summed E-state index contributed by atoms with van der Waals surface area (Å²) in [5.41, 5.74) is -0.316. The van der Waals surface area contributed by atoms with Crippen molar-refractivity contribution in [1.29, 1.82) is 0 Å². The molecule has 1 aliphatic heterocycles. The molecule has 1 aromatic carbocycles. The number of aliphatic hydroxyl groups is 1. The highest BCUT2D eigenvalue weighted by Gasteiger charge is 2.37. The number of halogens is 2. The van der Waals surface area contributed by atoms with E-state index in [0.717, 1.165) is 6.07 Å². The van der Waals surface area contributed by atoms with Crippen molar-refractivity contribution in [3.05, 3.63) is 29.0 Å². The van der Waals surface area contributed by atoms with Crippen LogP contribution in [0.3, 0.4) is 0 Å². The first-order valence-electron chi connectivity index (χ1n) is 5.55. The number of anilines is 1. The molecule has 0 saturated carbocycles. The van der Waals surface area contributed by atoms with Gasteiger partial charge in [-0.05, 0) is 25.1 Å². The molecular weight excluding hydrogens is 259 g/mol. The Morgan fingerprint density at radius 3 is 2.83 bits per heavy atom. The molecule has 0 aliphatic carbocycles. The fourth-order valence-corrected chi connectivity index (χ4v) is 2.23. The lowest BCUT2D eigenvalue weighted by Gasteiger charge is -2.43. The van der Waals surface area contributed by atoms with Crippen molar-refractivity contribution >= 4 is 23.2 Å². The minimum atomic E-state index is -0.701. The Morgan fingerprint density at radius 1 is 1.61 bits per heavy atom. The van der Waals surface area contributed by atoms with Gasteiger partial charge in [0, 0.05) is 13.1 Å². The lowest BCUT2D eigenvalue weighted by Crippen LogP contribution is -2.61. The monoisotopic (exact) mass is 272 g/mol. The zero-order valence-electron chi connectivity index (χ0n) is 9.91. The second-order valence-corrected chi connectivity index (χ2v) is 5.22. The number of carbonyl (C=O) groups excluding carboxylic acids is 1. The molecule has 1 fully saturated rings. The number of nitrogens with zero attached hydrogens (tertiary/aromatic N) is 1. The van der Waals surface area contributed by atoms with E-state index in [2.05, 4.69) is 5.32 Å². The summed E-state index contributed by atoms with van der Waals surface area (Å²) in [4.78, 5) is 13.5. The third-order valence-corrected chi connectivity index (χ3v) is 3.01. The summed E-state index contributed by atoms with van der Waals surface area (Å²) in [6.07, 6.45) is 0. The number of carbonyl (C=O) groups is 1. The molecule has 1 saturated heterocycles.